The number of phosphoric ester groups is 2. The van der Waals surface area contributed by atoms with Crippen LogP contribution >= 0.6 is 15.6 Å². The second-order valence-electron chi connectivity index (χ2n) is 33.3. The van der Waals surface area contributed by atoms with E-state index in [0.717, 1.165) is 95.8 Å². The molecule has 6 atom stereocenters. The van der Waals surface area contributed by atoms with E-state index in [1.54, 1.807) is 0 Å². The van der Waals surface area contributed by atoms with Gasteiger partial charge in [-0.25, -0.2) is 9.13 Å². The van der Waals surface area contributed by atoms with Crippen LogP contribution in [0.5, 0.6) is 0 Å². The summed E-state index contributed by atoms with van der Waals surface area (Å²) in [6.45, 7) is 7.48. The van der Waals surface area contributed by atoms with Crippen LogP contribution in [-0.2, 0) is 65.4 Å². The first kappa shape index (κ1) is 109. The average molecular weight is 1620 g/mol. The maximum absolute atomic E-state index is 13.2. The summed E-state index contributed by atoms with van der Waals surface area (Å²) in [5, 5.41) is 10.7. The number of rotatable bonds is 92. The summed E-state index contributed by atoms with van der Waals surface area (Å²) in [7, 11) is -9.94. The number of hydrogen-bond donors (Lipinski definition) is 3. The molecule has 0 aromatic heterocycles. The molecule has 17 nitrogen and oxygen atoms in total. The van der Waals surface area contributed by atoms with Crippen molar-refractivity contribution >= 4 is 39.5 Å². The SMILES string of the molecule is CCCCCCCCCCCCCCCCCCCCCCC(=O)OC[C@H](COP(=O)(O)OC[C@@H](O)COP(=O)(O)OC[C@@H](COC(=O)CCCCCCCCCCCCCCC)OC(=O)CCCCCCCCCCCCCCCCCC)OC(=O)CCCCCCCCCCCCCCCCCCCCC(C)CC. The van der Waals surface area contributed by atoms with Crippen molar-refractivity contribution in [2.45, 2.75) is 522 Å². The zero-order valence-electron chi connectivity index (χ0n) is 73.1. The number of phosphoric acid groups is 2. The Kier molecular flexibility index (Phi) is 83.0. The van der Waals surface area contributed by atoms with E-state index in [4.69, 9.17) is 37.0 Å². The number of hydrogen-bond acceptors (Lipinski definition) is 15. The molecule has 0 saturated heterocycles. The predicted octanol–water partition coefficient (Wildman–Crippen LogP) is 28.7. The van der Waals surface area contributed by atoms with Crippen molar-refractivity contribution < 1.29 is 80.2 Å². The normalized spacial score (nSPS) is 13.9. The Balaban J connectivity index is 5.25. The van der Waals surface area contributed by atoms with Crippen LogP contribution in [0.15, 0.2) is 0 Å². The van der Waals surface area contributed by atoms with Crippen LogP contribution in [0, 0.1) is 5.92 Å². The van der Waals surface area contributed by atoms with Crippen molar-refractivity contribution in [2.75, 3.05) is 39.6 Å². The molecule has 19 heteroatoms. The Morgan fingerprint density at radius 3 is 0.640 bits per heavy atom. The highest BCUT2D eigenvalue weighted by Gasteiger charge is 2.31. The monoisotopic (exact) mass is 1620 g/mol. The Hall–Kier alpha value is -1.94. The maximum atomic E-state index is 13.2. The lowest BCUT2D eigenvalue weighted by molar-refractivity contribution is -0.161. The van der Waals surface area contributed by atoms with E-state index in [2.05, 4.69) is 34.6 Å². The van der Waals surface area contributed by atoms with Gasteiger partial charge in [0, 0.05) is 25.7 Å². The van der Waals surface area contributed by atoms with Crippen molar-refractivity contribution in [3.8, 4) is 0 Å². The quantitative estimate of drug-likeness (QED) is 0.0222. The summed E-state index contributed by atoms with van der Waals surface area (Å²) in [5.74, 6) is -1.22. The minimum Gasteiger partial charge on any atom is -0.462 e. The first-order valence-corrected chi connectivity index (χ1v) is 50.7. The molecular weight excluding hydrogens is 1440 g/mol. The van der Waals surface area contributed by atoms with Gasteiger partial charge in [-0.3, -0.25) is 37.3 Å². The largest absolute Gasteiger partial charge is 0.472 e. The molecule has 0 amide bonds. The fourth-order valence-electron chi connectivity index (χ4n) is 14.5. The Morgan fingerprint density at radius 1 is 0.252 bits per heavy atom. The molecule has 0 radical (unpaired) electrons. The first-order chi connectivity index (χ1) is 54.1. The minimum atomic E-state index is -4.97. The lowest BCUT2D eigenvalue weighted by Gasteiger charge is -2.21. The molecule has 0 saturated carbocycles. The molecule has 0 fully saturated rings. The second-order valence-corrected chi connectivity index (χ2v) is 36.2. The molecule has 0 rings (SSSR count). The highest BCUT2D eigenvalue weighted by Crippen LogP contribution is 2.45. The second kappa shape index (κ2) is 84.5. The van der Waals surface area contributed by atoms with Crippen molar-refractivity contribution in [3.05, 3.63) is 0 Å². The highest BCUT2D eigenvalue weighted by atomic mass is 31.2. The Bertz CT molecular complexity index is 2100. The standard InChI is InChI=1S/C92H180O17P2/c1-6-10-13-16-19-22-25-28-30-32-33-34-38-42-46-51-56-61-66-71-76-90(95)103-82-88(109-92(97)78-73-68-63-58-53-48-43-39-36-35-37-40-45-49-54-59-64-69-74-85(5)9-4)84-107-111(100,101)105-80-86(93)79-104-110(98,99)106-83-87(81-102-89(94)75-70-65-60-55-50-44-27-24-21-18-15-12-8-3)108-91(96)77-72-67-62-57-52-47-41-31-29-26-23-20-17-14-11-7-2/h85-88,93H,6-84H2,1-5H3,(H,98,99)(H,100,101)/t85?,86-,87+,88+/m0/s1. The van der Waals surface area contributed by atoms with Crippen molar-refractivity contribution in [2.24, 2.45) is 5.92 Å². The van der Waals surface area contributed by atoms with Gasteiger partial charge in [0.1, 0.15) is 19.3 Å². The number of aliphatic hydroxyl groups excluding tert-OH is 1. The molecule has 0 aromatic carbocycles. The van der Waals surface area contributed by atoms with Gasteiger partial charge in [0.25, 0.3) is 0 Å². The van der Waals surface area contributed by atoms with E-state index in [0.29, 0.717) is 25.7 Å². The third kappa shape index (κ3) is 84.3. The topological polar surface area (TPSA) is 237 Å². The van der Waals surface area contributed by atoms with E-state index in [1.165, 1.54) is 327 Å². The van der Waals surface area contributed by atoms with Gasteiger partial charge in [0.05, 0.1) is 26.4 Å². The molecule has 0 aliphatic carbocycles. The van der Waals surface area contributed by atoms with Gasteiger partial charge >= 0.3 is 39.5 Å². The van der Waals surface area contributed by atoms with Gasteiger partial charge in [-0.15, -0.1) is 0 Å². The number of carbonyl (C=O) groups excluding carboxylic acids is 4. The van der Waals surface area contributed by atoms with Gasteiger partial charge in [0.2, 0.25) is 0 Å². The Labute approximate surface area is 683 Å². The van der Waals surface area contributed by atoms with Crippen LogP contribution in [0.25, 0.3) is 0 Å². The number of aliphatic hydroxyl groups is 1. The molecule has 0 aliphatic rings. The smallest absolute Gasteiger partial charge is 0.462 e. The number of ether oxygens (including phenoxy) is 4. The zero-order valence-corrected chi connectivity index (χ0v) is 74.9. The minimum absolute atomic E-state index is 0.109. The van der Waals surface area contributed by atoms with Crippen molar-refractivity contribution in [3.63, 3.8) is 0 Å². The third-order valence-electron chi connectivity index (χ3n) is 22.1. The maximum Gasteiger partial charge on any atom is 0.472 e. The third-order valence-corrected chi connectivity index (χ3v) is 24.0. The molecule has 0 aliphatic heterocycles. The molecule has 111 heavy (non-hydrogen) atoms. The van der Waals surface area contributed by atoms with Crippen LogP contribution in [0.3, 0.4) is 0 Å². The predicted molar refractivity (Wildman–Crippen MR) is 460 cm³/mol. The van der Waals surface area contributed by atoms with Crippen LogP contribution in [-0.4, -0.2) is 96.7 Å². The summed E-state index contributed by atoms with van der Waals surface area (Å²) < 4.78 is 69.1. The van der Waals surface area contributed by atoms with Gasteiger partial charge < -0.3 is 33.8 Å². The molecule has 0 aromatic rings. The lowest BCUT2D eigenvalue weighted by atomic mass is 9.99. The van der Waals surface area contributed by atoms with Gasteiger partial charge in [-0.1, -0.05) is 452 Å². The summed E-state index contributed by atoms with van der Waals surface area (Å²) in [6, 6.07) is 0. The summed E-state index contributed by atoms with van der Waals surface area (Å²) in [6.07, 6.45) is 80.5. The van der Waals surface area contributed by atoms with Crippen LogP contribution < -0.4 is 0 Å². The first-order valence-electron chi connectivity index (χ1n) is 47.7. The molecule has 3 unspecified atom stereocenters. The Morgan fingerprint density at radius 2 is 0.432 bits per heavy atom. The lowest BCUT2D eigenvalue weighted by Crippen LogP contribution is -2.30. The fourth-order valence-corrected chi connectivity index (χ4v) is 16.1. The molecule has 660 valence electrons. The molecule has 0 spiro atoms. The van der Waals surface area contributed by atoms with E-state index in [1.807, 2.05) is 0 Å². The van der Waals surface area contributed by atoms with E-state index >= 15 is 0 Å². The summed E-state index contributed by atoms with van der Waals surface area (Å²) in [4.78, 5) is 73.5. The number of carbonyl (C=O) groups is 4. The van der Waals surface area contributed by atoms with Crippen LogP contribution in [0.1, 0.15) is 503 Å². The van der Waals surface area contributed by atoms with Crippen molar-refractivity contribution in [1.82, 2.24) is 0 Å². The molecule has 3 N–H and O–H groups in total. The van der Waals surface area contributed by atoms with Crippen molar-refractivity contribution in [1.29, 1.82) is 0 Å². The van der Waals surface area contributed by atoms with E-state index < -0.39 is 97.5 Å². The molecule has 0 heterocycles. The van der Waals surface area contributed by atoms with Crippen LogP contribution in [0.2, 0.25) is 0 Å². The highest BCUT2D eigenvalue weighted by molar-refractivity contribution is 7.47. The zero-order chi connectivity index (χ0) is 81.1. The summed E-state index contributed by atoms with van der Waals surface area (Å²) in [5.41, 5.74) is 0. The van der Waals surface area contributed by atoms with Crippen LogP contribution in [0.4, 0.5) is 0 Å². The molecular formula is C92H180O17P2. The van der Waals surface area contributed by atoms with Gasteiger partial charge in [0.15, 0.2) is 12.2 Å². The number of esters is 4. The molecule has 0 bridgehead atoms. The average Bonchev–Trinajstić information content (AvgIpc) is 0.899. The van der Waals surface area contributed by atoms with E-state index in [9.17, 15) is 43.2 Å². The fraction of sp³-hybridized carbons (Fsp3) is 0.957. The number of unbranched alkanes of at least 4 members (excludes halogenated alkanes) is 63. The summed E-state index contributed by atoms with van der Waals surface area (Å²) >= 11 is 0. The van der Waals surface area contributed by atoms with Gasteiger partial charge in [-0.2, -0.15) is 0 Å². The van der Waals surface area contributed by atoms with E-state index in [-0.39, 0.29) is 25.7 Å². The van der Waals surface area contributed by atoms with Gasteiger partial charge in [-0.05, 0) is 31.6 Å².